The highest BCUT2D eigenvalue weighted by Crippen LogP contribution is 2.23. The Morgan fingerprint density at radius 1 is 1.31 bits per heavy atom. The molecule has 0 bridgehead atoms. The summed E-state index contributed by atoms with van der Waals surface area (Å²) in [6, 6.07) is 9.99. The number of likely N-dealkylation sites (tertiary alicyclic amines) is 1. The smallest absolute Gasteiger partial charge is 0.341 e. The standard InChI is InChI=1S/C18H18N2O6/c21-16-7-12(9-20(16)10-15-5-2-6-25-15)18(24)19-13-3-1-4-14(8-13)26-11-17(22)23/h1-6,8,12H,7,9-11H2,(H,19,24)(H,22,23). The van der Waals surface area contributed by atoms with Crippen LogP contribution in [0, 0.1) is 5.92 Å². The van der Waals surface area contributed by atoms with Crippen molar-refractivity contribution < 1.29 is 28.6 Å². The number of carboxylic acid groups (broad SMARTS) is 1. The highest BCUT2D eigenvalue weighted by atomic mass is 16.5. The van der Waals surface area contributed by atoms with Crippen molar-refractivity contribution in [2.75, 3.05) is 18.5 Å². The van der Waals surface area contributed by atoms with Crippen LogP contribution >= 0.6 is 0 Å². The molecule has 1 aliphatic heterocycles. The molecule has 1 unspecified atom stereocenters. The summed E-state index contributed by atoms with van der Waals surface area (Å²) in [4.78, 5) is 36.7. The first-order valence-electron chi connectivity index (χ1n) is 8.07. The van der Waals surface area contributed by atoms with E-state index in [1.807, 2.05) is 0 Å². The molecule has 1 atom stereocenters. The molecule has 2 heterocycles. The average Bonchev–Trinajstić information content (AvgIpc) is 3.24. The second-order valence-electron chi connectivity index (χ2n) is 5.95. The molecule has 2 N–H and O–H groups in total. The summed E-state index contributed by atoms with van der Waals surface area (Å²) in [5.74, 6) is -0.896. The second kappa shape index (κ2) is 7.73. The molecule has 0 spiro atoms. The molecule has 1 fully saturated rings. The fourth-order valence-electron chi connectivity index (χ4n) is 2.74. The number of hydrogen-bond donors (Lipinski definition) is 2. The summed E-state index contributed by atoms with van der Waals surface area (Å²) >= 11 is 0. The minimum absolute atomic E-state index is 0.0971. The van der Waals surface area contributed by atoms with Crippen LogP contribution in [0.1, 0.15) is 12.2 Å². The molecular formula is C18H18N2O6. The third kappa shape index (κ3) is 4.41. The zero-order valence-corrected chi connectivity index (χ0v) is 13.9. The van der Waals surface area contributed by atoms with Crippen molar-refractivity contribution in [3.05, 3.63) is 48.4 Å². The fraction of sp³-hybridized carbons (Fsp3) is 0.278. The molecule has 26 heavy (non-hydrogen) atoms. The number of benzene rings is 1. The van der Waals surface area contributed by atoms with E-state index in [0.29, 0.717) is 30.3 Å². The van der Waals surface area contributed by atoms with Crippen molar-refractivity contribution in [3.8, 4) is 5.75 Å². The van der Waals surface area contributed by atoms with Crippen molar-refractivity contribution in [2.45, 2.75) is 13.0 Å². The van der Waals surface area contributed by atoms with Gasteiger partial charge in [0.15, 0.2) is 6.61 Å². The van der Waals surface area contributed by atoms with Gasteiger partial charge in [-0.2, -0.15) is 0 Å². The lowest BCUT2D eigenvalue weighted by molar-refractivity contribution is -0.139. The molecular weight excluding hydrogens is 340 g/mol. The number of amides is 2. The van der Waals surface area contributed by atoms with Crippen molar-refractivity contribution >= 4 is 23.5 Å². The number of anilines is 1. The molecule has 1 aliphatic rings. The molecule has 3 rings (SSSR count). The van der Waals surface area contributed by atoms with Crippen LogP contribution in [0.15, 0.2) is 47.1 Å². The average molecular weight is 358 g/mol. The lowest BCUT2D eigenvalue weighted by Crippen LogP contribution is -2.27. The van der Waals surface area contributed by atoms with E-state index in [1.54, 1.807) is 41.5 Å². The van der Waals surface area contributed by atoms with E-state index in [-0.39, 0.29) is 18.2 Å². The molecule has 1 aromatic carbocycles. The summed E-state index contributed by atoms with van der Waals surface area (Å²) in [5.41, 5.74) is 0.481. The predicted molar refractivity (Wildman–Crippen MR) is 90.4 cm³/mol. The number of ether oxygens (including phenoxy) is 1. The summed E-state index contributed by atoms with van der Waals surface area (Å²) < 4.78 is 10.3. The Labute approximate surface area is 149 Å². The lowest BCUT2D eigenvalue weighted by atomic mass is 10.1. The first-order chi connectivity index (χ1) is 12.5. The van der Waals surface area contributed by atoms with E-state index in [2.05, 4.69) is 5.32 Å². The maximum Gasteiger partial charge on any atom is 0.341 e. The number of nitrogens with one attached hydrogen (secondary N) is 1. The van der Waals surface area contributed by atoms with Gasteiger partial charge in [0.25, 0.3) is 0 Å². The number of rotatable bonds is 7. The van der Waals surface area contributed by atoms with Crippen molar-refractivity contribution in [1.82, 2.24) is 4.90 Å². The normalized spacial score (nSPS) is 16.5. The van der Waals surface area contributed by atoms with Crippen LogP contribution in [0.4, 0.5) is 5.69 Å². The van der Waals surface area contributed by atoms with Crippen molar-refractivity contribution in [2.24, 2.45) is 5.92 Å². The van der Waals surface area contributed by atoms with Gasteiger partial charge < -0.3 is 24.5 Å². The lowest BCUT2D eigenvalue weighted by Gasteiger charge is -2.15. The van der Waals surface area contributed by atoms with Crippen LogP contribution in [0.5, 0.6) is 5.75 Å². The van der Waals surface area contributed by atoms with Gasteiger partial charge in [0.2, 0.25) is 11.8 Å². The minimum atomic E-state index is -1.08. The first kappa shape index (κ1) is 17.5. The van der Waals surface area contributed by atoms with Crippen LogP contribution < -0.4 is 10.1 Å². The van der Waals surface area contributed by atoms with Crippen LogP contribution in [-0.2, 0) is 20.9 Å². The first-order valence-corrected chi connectivity index (χ1v) is 8.07. The van der Waals surface area contributed by atoms with E-state index < -0.39 is 18.5 Å². The van der Waals surface area contributed by atoms with E-state index >= 15 is 0 Å². The van der Waals surface area contributed by atoms with Gasteiger partial charge in [0.05, 0.1) is 18.7 Å². The topological polar surface area (TPSA) is 109 Å². The largest absolute Gasteiger partial charge is 0.482 e. The number of hydrogen-bond acceptors (Lipinski definition) is 5. The maximum atomic E-state index is 12.4. The Bertz CT molecular complexity index is 802. The maximum absolute atomic E-state index is 12.4. The Morgan fingerprint density at radius 2 is 2.15 bits per heavy atom. The van der Waals surface area contributed by atoms with Gasteiger partial charge in [-0.15, -0.1) is 0 Å². The monoisotopic (exact) mass is 358 g/mol. The Hall–Kier alpha value is -3.29. The SMILES string of the molecule is O=C(O)COc1cccc(NC(=O)C2CC(=O)N(Cc3ccco3)C2)c1. The second-order valence-corrected chi connectivity index (χ2v) is 5.95. The van der Waals surface area contributed by atoms with Gasteiger partial charge in [-0.1, -0.05) is 6.07 Å². The Balaban J connectivity index is 1.57. The van der Waals surface area contributed by atoms with Crippen molar-refractivity contribution in [3.63, 3.8) is 0 Å². The molecule has 136 valence electrons. The van der Waals surface area contributed by atoms with Gasteiger partial charge >= 0.3 is 5.97 Å². The quantitative estimate of drug-likeness (QED) is 0.780. The van der Waals surface area contributed by atoms with Crippen molar-refractivity contribution in [1.29, 1.82) is 0 Å². The predicted octanol–water partition coefficient (Wildman–Crippen LogP) is 1.73. The van der Waals surface area contributed by atoms with Gasteiger partial charge in [-0.3, -0.25) is 9.59 Å². The van der Waals surface area contributed by atoms with E-state index in [4.69, 9.17) is 14.3 Å². The number of furan rings is 1. The summed E-state index contributed by atoms with van der Waals surface area (Å²) in [6.07, 6.45) is 1.68. The highest BCUT2D eigenvalue weighted by molar-refractivity contribution is 5.97. The highest BCUT2D eigenvalue weighted by Gasteiger charge is 2.34. The van der Waals surface area contributed by atoms with Gasteiger partial charge in [0, 0.05) is 24.7 Å². The van der Waals surface area contributed by atoms with Crippen LogP contribution in [0.25, 0.3) is 0 Å². The summed E-state index contributed by atoms with van der Waals surface area (Å²) in [5, 5.41) is 11.4. The zero-order valence-electron chi connectivity index (χ0n) is 13.9. The number of carbonyl (C=O) groups is 3. The fourth-order valence-corrected chi connectivity index (χ4v) is 2.74. The third-order valence-electron chi connectivity index (χ3n) is 3.98. The third-order valence-corrected chi connectivity index (χ3v) is 3.98. The number of carbonyl (C=O) groups excluding carboxylic acids is 2. The molecule has 2 amide bonds. The molecule has 8 nitrogen and oxygen atoms in total. The Kier molecular flexibility index (Phi) is 5.21. The summed E-state index contributed by atoms with van der Waals surface area (Å²) in [7, 11) is 0. The van der Waals surface area contributed by atoms with E-state index in [0.717, 1.165) is 0 Å². The Morgan fingerprint density at radius 3 is 2.88 bits per heavy atom. The molecule has 8 heteroatoms. The van der Waals surface area contributed by atoms with E-state index in [9.17, 15) is 14.4 Å². The molecule has 0 aliphatic carbocycles. The van der Waals surface area contributed by atoms with Gasteiger partial charge in [-0.25, -0.2) is 4.79 Å². The molecule has 0 radical (unpaired) electrons. The zero-order chi connectivity index (χ0) is 18.5. The minimum Gasteiger partial charge on any atom is -0.482 e. The number of nitrogens with zero attached hydrogens (tertiary/aromatic N) is 1. The molecule has 0 saturated carbocycles. The van der Waals surface area contributed by atoms with Gasteiger partial charge in [-0.05, 0) is 24.3 Å². The molecule has 1 aromatic heterocycles. The molecule has 1 saturated heterocycles. The van der Waals surface area contributed by atoms with Crippen LogP contribution in [-0.4, -0.2) is 40.9 Å². The number of carboxylic acids is 1. The summed E-state index contributed by atoms with van der Waals surface area (Å²) in [6.45, 7) is 0.199. The van der Waals surface area contributed by atoms with E-state index in [1.165, 1.54) is 6.07 Å². The van der Waals surface area contributed by atoms with Gasteiger partial charge in [0.1, 0.15) is 11.5 Å². The van der Waals surface area contributed by atoms with Crippen LogP contribution in [0.3, 0.4) is 0 Å². The number of aliphatic carboxylic acids is 1. The van der Waals surface area contributed by atoms with Crippen LogP contribution in [0.2, 0.25) is 0 Å². The molecule has 2 aromatic rings.